The molecule has 0 radical (unpaired) electrons. The quantitative estimate of drug-likeness (QED) is 0.0329. The molecule has 0 aromatic heterocycles. The number of carboxylic acids is 1. The fourth-order valence-corrected chi connectivity index (χ4v) is 17.2. The average Bonchev–Trinajstić information content (AvgIpc) is 1.72. The summed E-state index contributed by atoms with van der Waals surface area (Å²) in [5, 5.41) is 201. The summed E-state index contributed by atoms with van der Waals surface area (Å²) >= 11 is 0. The average molecular weight is 1780 g/mol. The van der Waals surface area contributed by atoms with Gasteiger partial charge < -0.3 is 160 Å². The monoisotopic (exact) mass is 1780 g/mol. The summed E-state index contributed by atoms with van der Waals surface area (Å²) in [6.07, 6.45) is -19.3. The van der Waals surface area contributed by atoms with Crippen LogP contribution in [0.5, 0.6) is 0 Å². The molecule has 2 aromatic carbocycles. The third-order valence-corrected chi connectivity index (χ3v) is 24.3. The zero-order valence-corrected chi connectivity index (χ0v) is 72.2. The van der Waals surface area contributed by atoms with Gasteiger partial charge in [-0.2, -0.15) is 0 Å². The minimum Gasteiger partial charge on any atom is -0.477 e. The number of aliphatic carboxylic acids is 1. The molecule has 4 amide bonds. The molecular formula is C88H142N4O33. The van der Waals surface area contributed by atoms with Gasteiger partial charge in [-0.15, -0.1) is 0 Å². The van der Waals surface area contributed by atoms with Crippen LogP contribution in [-0.2, 0) is 71.3 Å². The largest absolute Gasteiger partial charge is 0.477 e. The number of amides is 4. The number of alkyl carbamates (subject to hydrolysis) is 1. The van der Waals surface area contributed by atoms with E-state index in [1.54, 1.807) is 6.08 Å². The predicted molar refractivity (Wildman–Crippen MR) is 446 cm³/mol. The van der Waals surface area contributed by atoms with Gasteiger partial charge in [-0.05, 0) is 47.9 Å². The topological polar surface area (TPSA) is 579 Å². The van der Waals surface area contributed by atoms with E-state index in [1.165, 1.54) is 86.1 Å². The molecule has 28 atom stereocenters. The fraction of sp³-hybridized carbons (Fsp3) is 0.784. The number of ether oxygens (including phenoxy) is 11. The second kappa shape index (κ2) is 54.2. The Labute approximate surface area is 730 Å². The normalized spacial score (nSPS) is 31.6. The van der Waals surface area contributed by atoms with Crippen LogP contribution in [0.2, 0.25) is 0 Å². The number of nitrogens with one attached hydrogen (secondary N) is 4. The molecular weight excluding hydrogens is 1640 g/mol. The SMILES string of the molecule is CCCCCCCCCCCCC/C=C/[C@@H](O)[C@H](CO[C@@H]1O[C@H](CO)[C@@H](O[C@@H]2O[C@H](CO)[C@H](O[C@@H]3O[C@H](CO)[C@H](O)[C@H](O[C@@H]4O[C@H](CO)[C@H](O)[C@H](O)[C@H]4O)[C@H]3NC(C)=O)[C@H](O[C@]3(C(=O)O)C[C@H](O)[C@@H](NC(C)=O)[C@H]([C@H](O)[C@H](O)CO)O3)[C@H]2O)[C@H](O)[C@H]1O)NC(=O)CCCCCCCCCCCCCCCCCNC(=O)OCC1c2ccccc2-c2ccccc21. The van der Waals surface area contributed by atoms with Crippen LogP contribution in [0.4, 0.5) is 4.79 Å². The lowest BCUT2D eigenvalue weighted by Crippen LogP contribution is -2.72. The molecule has 8 rings (SSSR count). The molecule has 0 spiro atoms. The summed E-state index contributed by atoms with van der Waals surface area (Å²) in [4.78, 5) is 65.9. The first-order valence-corrected chi connectivity index (χ1v) is 45.1. The first-order chi connectivity index (χ1) is 60.1. The van der Waals surface area contributed by atoms with Crippen molar-refractivity contribution in [3.8, 4) is 11.1 Å². The lowest BCUT2D eigenvalue weighted by molar-refractivity contribution is -0.403. The number of unbranched alkanes of at least 4 members (excludes halogenated alkanes) is 25. The Morgan fingerprint density at radius 3 is 1.54 bits per heavy atom. The number of allylic oxidation sites excluding steroid dienone is 1. The minimum atomic E-state index is -3.39. The fourth-order valence-electron chi connectivity index (χ4n) is 17.2. The molecule has 1 aliphatic carbocycles. The highest BCUT2D eigenvalue weighted by Gasteiger charge is 2.62. The Hall–Kier alpha value is -5.71. The molecule has 0 unspecified atom stereocenters. The third kappa shape index (κ3) is 30.4. The van der Waals surface area contributed by atoms with Crippen LogP contribution in [0.3, 0.4) is 0 Å². The van der Waals surface area contributed by atoms with Crippen LogP contribution in [0.25, 0.3) is 11.1 Å². The number of rotatable bonds is 56. The van der Waals surface area contributed by atoms with Crippen molar-refractivity contribution in [3.05, 3.63) is 71.8 Å². The number of aliphatic hydroxyl groups excluding tert-OH is 16. The predicted octanol–water partition coefficient (Wildman–Crippen LogP) is 1.48. The van der Waals surface area contributed by atoms with Crippen molar-refractivity contribution in [1.82, 2.24) is 21.3 Å². The van der Waals surface area contributed by atoms with Gasteiger partial charge in [0, 0.05) is 39.2 Å². The number of carbonyl (C=O) groups excluding carboxylic acids is 4. The minimum absolute atomic E-state index is 0.0203. The van der Waals surface area contributed by atoms with Crippen molar-refractivity contribution in [2.24, 2.45) is 0 Å². The molecule has 0 saturated carbocycles. The molecule has 6 aliphatic rings. The number of fused-ring (bicyclic) bond motifs is 3. The van der Waals surface area contributed by atoms with Crippen molar-refractivity contribution >= 4 is 29.8 Å². The van der Waals surface area contributed by atoms with Crippen LogP contribution in [0.15, 0.2) is 60.7 Å². The Morgan fingerprint density at radius 1 is 0.512 bits per heavy atom. The maximum Gasteiger partial charge on any atom is 0.407 e. The highest BCUT2D eigenvalue weighted by Crippen LogP contribution is 2.46. The van der Waals surface area contributed by atoms with Gasteiger partial charge in [-0.3, -0.25) is 14.4 Å². The molecule has 125 heavy (non-hydrogen) atoms. The maximum absolute atomic E-state index is 13.9. The van der Waals surface area contributed by atoms with Crippen LogP contribution in [0, 0.1) is 0 Å². The Balaban J connectivity index is 0.870. The third-order valence-electron chi connectivity index (χ3n) is 24.3. The van der Waals surface area contributed by atoms with Gasteiger partial charge >= 0.3 is 12.1 Å². The van der Waals surface area contributed by atoms with E-state index in [1.807, 2.05) is 24.3 Å². The van der Waals surface area contributed by atoms with Crippen molar-refractivity contribution in [3.63, 3.8) is 0 Å². The van der Waals surface area contributed by atoms with Crippen molar-refractivity contribution in [2.45, 2.75) is 384 Å². The van der Waals surface area contributed by atoms with Crippen molar-refractivity contribution < 1.29 is 163 Å². The van der Waals surface area contributed by atoms with E-state index in [0.29, 0.717) is 26.0 Å². The van der Waals surface area contributed by atoms with Crippen LogP contribution < -0.4 is 21.3 Å². The van der Waals surface area contributed by atoms with E-state index in [9.17, 15) is 111 Å². The van der Waals surface area contributed by atoms with Gasteiger partial charge in [-0.25, -0.2) is 9.59 Å². The lowest BCUT2D eigenvalue weighted by Gasteiger charge is -2.52. The van der Waals surface area contributed by atoms with Gasteiger partial charge in [0.05, 0.1) is 63.9 Å². The molecule has 2 aromatic rings. The molecule has 5 saturated heterocycles. The summed E-state index contributed by atoms with van der Waals surface area (Å²) in [7, 11) is 0. The lowest BCUT2D eigenvalue weighted by atomic mass is 9.88. The first kappa shape index (κ1) is 105. The van der Waals surface area contributed by atoms with Gasteiger partial charge in [0.2, 0.25) is 17.7 Å². The van der Waals surface area contributed by atoms with E-state index < -0.39 is 241 Å². The zero-order chi connectivity index (χ0) is 90.7. The molecule has 5 heterocycles. The van der Waals surface area contributed by atoms with Gasteiger partial charge in [0.15, 0.2) is 25.2 Å². The molecule has 712 valence electrons. The second-order valence-electron chi connectivity index (χ2n) is 33.9. The van der Waals surface area contributed by atoms with Gasteiger partial charge in [0.1, 0.15) is 123 Å². The molecule has 37 heteroatoms. The van der Waals surface area contributed by atoms with Crippen LogP contribution in [-0.4, -0.2) is 341 Å². The Bertz CT molecular complexity index is 3460. The van der Waals surface area contributed by atoms with Gasteiger partial charge in [0.25, 0.3) is 5.79 Å². The van der Waals surface area contributed by atoms with Crippen LogP contribution >= 0.6 is 0 Å². The van der Waals surface area contributed by atoms with E-state index >= 15 is 0 Å². The first-order valence-electron chi connectivity index (χ1n) is 45.1. The summed E-state index contributed by atoms with van der Waals surface area (Å²) in [5.74, 6) is -7.74. The second-order valence-corrected chi connectivity index (χ2v) is 33.9. The highest BCUT2D eigenvalue weighted by molar-refractivity contribution is 5.80. The summed E-state index contributed by atoms with van der Waals surface area (Å²) in [6, 6.07) is 11.7. The van der Waals surface area contributed by atoms with E-state index in [0.717, 1.165) is 117 Å². The Kier molecular flexibility index (Phi) is 45.4. The smallest absolute Gasteiger partial charge is 0.407 e. The molecule has 5 aliphatic heterocycles. The summed E-state index contributed by atoms with van der Waals surface area (Å²) < 4.78 is 65.9. The number of hydrogen-bond acceptors (Lipinski definition) is 32. The number of aliphatic hydroxyl groups is 16. The number of carbonyl (C=O) groups is 5. The Morgan fingerprint density at radius 2 is 0.984 bits per heavy atom. The number of hydrogen-bond donors (Lipinski definition) is 21. The molecule has 21 N–H and O–H groups in total. The number of carboxylic acid groups (broad SMARTS) is 1. The van der Waals surface area contributed by atoms with Crippen LogP contribution in [0.1, 0.15) is 224 Å². The molecule has 5 fully saturated rings. The summed E-state index contributed by atoms with van der Waals surface area (Å²) in [6.45, 7) is -1.10. The van der Waals surface area contributed by atoms with Gasteiger partial charge in [-0.1, -0.05) is 215 Å². The number of benzene rings is 2. The highest BCUT2D eigenvalue weighted by atomic mass is 16.8. The van der Waals surface area contributed by atoms with Crippen molar-refractivity contribution in [1.29, 1.82) is 0 Å². The standard InChI is InChI=1S/C88H142N4O33/c1-4-5-6-7-8-9-10-14-17-20-23-26-29-40-59(100)58(92-66(103)41-30-27-24-21-18-15-12-11-13-16-19-22-25-28-35-42-89-87(114)116-49-57-55-38-33-31-36-53(55)54-37-32-34-39-56(54)57)50-115-83-75(110)73(108)77(64(47-96)119-83)121-85-76(111)81(125-88(86(112)113)43-60(101)67(90-51(2)98)80(124-88)69(104)61(102)44-93)78(65(48-97)120-85)122-82-68(91-52(3)99)79(71(106)63(46-95)117-82)123-84-74(109)72(107)70(105)62(45-94)118-84/h29,31-34,36-40,57-65,67-85,93-97,100-102,104-111H,4-28,30,35,41-50H2,1-3H3,(H,89,114)(H,90,98)(H,91,99)(H,92,103)(H,112,113)/b40-29+/t58-,59+,60-,61+,62+,63+,64+,65+,67+,68+,69+,70-,71-,72-,73+,74+,75+,76+,77+,78-,79+,80+,81+,82-,83+,84-,85-,88-/m0/s1. The molecule has 0 bridgehead atoms. The van der Waals surface area contributed by atoms with E-state index in [-0.39, 0.29) is 18.4 Å². The van der Waals surface area contributed by atoms with E-state index in [2.05, 4.69) is 52.5 Å². The maximum atomic E-state index is 13.9. The molecule has 37 nitrogen and oxygen atoms in total. The van der Waals surface area contributed by atoms with Crippen molar-refractivity contribution in [2.75, 3.05) is 52.8 Å². The van der Waals surface area contributed by atoms with E-state index in [4.69, 9.17) is 52.1 Å². The zero-order valence-electron chi connectivity index (χ0n) is 72.2. The summed E-state index contributed by atoms with van der Waals surface area (Å²) in [5.41, 5.74) is 4.73.